The molecular formula is C30H26N4O3. The van der Waals surface area contributed by atoms with Crippen LogP contribution in [-0.2, 0) is 27.4 Å². The average Bonchev–Trinajstić information content (AvgIpc) is 3.55. The number of hydrogen-bond donors (Lipinski definition) is 0. The summed E-state index contributed by atoms with van der Waals surface area (Å²) in [7, 11) is 0. The molecule has 7 heteroatoms. The number of ether oxygens (including phenoxy) is 1. The summed E-state index contributed by atoms with van der Waals surface area (Å²) in [5, 5.41) is 19.5. The molecule has 2 aromatic heterocycles. The van der Waals surface area contributed by atoms with Crippen LogP contribution in [0.25, 0.3) is 33.0 Å². The second-order valence-corrected chi connectivity index (χ2v) is 9.16. The number of benzene rings is 2. The minimum Gasteiger partial charge on any atom is -0.386 e. The van der Waals surface area contributed by atoms with E-state index in [1.54, 1.807) is 0 Å². The maximum atomic E-state index is 13.1. The quantitative estimate of drug-likeness (QED) is 0.155. The van der Waals surface area contributed by atoms with E-state index in [2.05, 4.69) is 21.3 Å². The van der Waals surface area contributed by atoms with Crippen molar-refractivity contribution in [3.8, 4) is 12.1 Å². The number of aromatic nitrogens is 2. The number of nitriles is 2. The molecule has 0 saturated carbocycles. The van der Waals surface area contributed by atoms with Crippen molar-refractivity contribution in [3.63, 3.8) is 0 Å². The summed E-state index contributed by atoms with van der Waals surface area (Å²) in [6.45, 7) is 1.41. The maximum Gasteiger partial charge on any atom is 0.347 e. The van der Waals surface area contributed by atoms with Gasteiger partial charge in [0.15, 0.2) is 0 Å². The molecule has 0 amide bonds. The van der Waals surface area contributed by atoms with E-state index in [0.717, 1.165) is 47.5 Å². The van der Waals surface area contributed by atoms with E-state index < -0.39 is 11.9 Å². The molecule has 0 atom stereocenters. The van der Waals surface area contributed by atoms with E-state index in [9.17, 15) is 9.59 Å². The second-order valence-electron chi connectivity index (χ2n) is 9.16. The molecule has 0 fully saturated rings. The van der Waals surface area contributed by atoms with Gasteiger partial charge in [0, 0.05) is 71.3 Å². The Morgan fingerprint density at radius 3 is 1.51 bits per heavy atom. The first-order chi connectivity index (χ1) is 18.1. The van der Waals surface area contributed by atoms with E-state index in [0.29, 0.717) is 37.1 Å². The number of fused-ring (bicyclic) bond motifs is 2. The van der Waals surface area contributed by atoms with Crippen LogP contribution in [-0.4, -0.2) is 21.1 Å². The van der Waals surface area contributed by atoms with Crippen LogP contribution in [0.5, 0.6) is 0 Å². The van der Waals surface area contributed by atoms with Gasteiger partial charge >= 0.3 is 11.9 Å². The molecule has 0 spiro atoms. The van der Waals surface area contributed by atoms with Gasteiger partial charge in [0.25, 0.3) is 0 Å². The van der Waals surface area contributed by atoms with Crippen molar-refractivity contribution < 1.29 is 14.3 Å². The minimum atomic E-state index is -0.641. The molecule has 0 N–H and O–H groups in total. The zero-order chi connectivity index (χ0) is 25.8. The van der Waals surface area contributed by atoms with Crippen LogP contribution in [0.1, 0.15) is 49.7 Å². The highest BCUT2D eigenvalue weighted by atomic mass is 16.6. The van der Waals surface area contributed by atoms with E-state index in [4.69, 9.17) is 15.3 Å². The SMILES string of the molecule is N#CCCCCn1cc(C2=C(c3cn(CCCCC#N)c4ccccc34)C(=O)OC2=O)c2ccccc21. The smallest absolute Gasteiger partial charge is 0.347 e. The fourth-order valence-corrected chi connectivity index (χ4v) is 5.11. The molecule has 1 aliphatic heterocycles. The van der Waals surface area contributed by atoms with Crippen LogP contribution in [0.15, 0.2) is 60.9 Å². The Bertz CT molecular complexity index is 1500. The number of para-hydroxylation sites is 2. The van der Waals surface area contributed by atoms with Crippen molar-refractivity contribution in [2.75, 3.05) is 0 Å². The van der Waals surface area contributed by atoms with Crippen LogP contribution in [0.3, 0.4) is 0 Å². The molecule has 4 aromatic rings. The van der Waals surface area contributed by atoms with E-state index in [1.165, 1.54) is 0 Å². The molecule has 0 radical (unpaired) electrons. The van der Waals surface area contributed by atoms with Gasteiger partial charge in [-0.3, -0.25) is 0 Å². The third-order valence-electron chi connectivity index (χ3n) is 6.83. The molecule has 3 heterocycles. The van der Waals surface area contributed by atoms with Gasteiger partial charge in [-0.1, -0.05) is 36.4 Å². The lowest BCUT2D eigenvalue weighted by Gasteiger charge is -2.03. The number of cyclic esters (lactones) is 2. The molecule has 7 nitrogen and oxygen atoms in total. The number of unbranched alkanes of at least 4 members (excludes halogenated alkanes) is 4. The number of nitrogens with zero attached hydrogens (tertiary/aromatic N) is 4. The van der Waals surface area contributed by atoms with Crippen LogP contribution in [0, 0.1) is 22.7 Å². The Balaban J connectivity index is 1.64. The molecular weight excluding hydrogens is 464 g/mol. The summed E-state index contributed by atoms with van der Waals surface area (Å²) < 4.78 is 9.36. The summed E-state index contributed by atoms with van der Waals surface area (Å²) in [5.41, 5.74) is 3.84. The first-order valence-corrected chi connectivity index (χ1v) is 12.5. The number of aryl methyl sites for hydroxylation is 2. The summed E-state index contributed by atoms with van der Waals surface area (Å²) in [5.74, 6) is -1.28. The van der Waals surface area contributed by atoms with Crippen molar-refractivity contribution in [2.24, 2.45) is 0 Å². The molecule has 0 bridgehead atoms. The lowest BCUT2D eigenvalue weighted by Crippen LogP contribution is -2.02. The molecule has 5 rings (SSSR count). The number of esters is 2. The van der Waals surface area contributed by atoms with Crippen LogP contribution < -0.4 is 0 Å². The first-order valence-electron chi connectivity index (χ1n) is 12.5. The van der Waals surface area contributed by atoms with Gasteiger partial charge in [-0.05, 0) is 37.8 Å². The van der Waals surface area contributed by atoms with Gasteiger partial charge in [0.1, 0.15) is 0 Å². The van der Waals surface area contributed by atoms with Gasteiger partial charge in [-0.2, -0.15) is 10.5 Å². The zero-order valence-corrected chi connectivity index (χ0v) is 20.4. The Morgan fingerprint density at radius 2 is 1.08 bits per heavy atom. The van der Waals surface area contributed by atoms with E-state index in [-0.39, 0.29) is 11.1 Å². The van der Waals surface area contributed by atoms with Crippen molar-refractivity contribution in [1.29, 1.82) is 10.5 Å². The number of carbonyl (C=O) groups excluding carboxylic acids is 2. The van der Waals surface area contributed by atoms with Crippen LogP contribution >= 0.6 is 0 Å². The predicted molar refractivity (Wildman–Crippen MR) is 141 cm³/mol. The molecule has 0 aliphatic carbocycles. The largest absolute Gasteiger partial charge is 0.386 e. The monoisotopic (exact) mass is 490 g/mol. The number of hydrogen-bond acceptors (Lipinski definition) is 5. The fraction of sp³-hybridized carbons (Fsp3) is 0.267. The van der Waals surface area contributed by atoms with Crippen LogP contribution in [0.4, 0.5) is 0 Å². The van der Waals surface area contributed by atoms with Crippen molar-refractivity contribution >= 4 is 44.9 Å². The summed E-state index contributed by atoms with van der Waals surface area (Å²) in [6.07, 6.45) is 8.11. The third kappa shape index (κ3) is 4.52. The average molecular weight is 491 g/mol. The second kappa shape index (κ2) is 10.6. The summed E-state index contributed by atoms with van der Waals surface area (Å²) in [4.78, 5) is 26.2. The van der Waals surface area contributed by atoms with Gasteiger partial charge in [-0.15, -0.1) is 0 Å². The Hall–Kier alpha value is -4.62. The first kappa shape index (κ1) is 24.1. The van der Waals surface area contributed by atoms with Crippen molar-refractivity contribution in [1.82, 2.24) is 9.13 Å². The Kier molecular flexibility index (Phi) is 6.87. The number of carbonyl (C=O) groups is 2. The zero-order valence-electron chi connectivity index (χ0n) is 20.4. The van der Waals surface area contributed by atoms with E-state index in [1.807, 2.05) is 60.9 Å². The van der Waals surface area contributed by atoms with Gasteiger partial charge < -0.3 is 13.9 Å². The van der Waals surface area contributed by atoms with Gasteiger partial charge in [0.05, 0.1) is 23.3 Å². The highest BCUT2D eigenvalue weighted by molar-refractivity contribution is 6.46. The molecule has 184 valence electrons. The number of rotatable bonds is 10. The maximum absolute atomic E-state index is 13.1. The fourth-order valence-electron chi connectivity index (χ4n) is 5.11. The molecule has 2 aromatic carbocycles. The predicted octanol–water partition coefficient (Wildman–Crippen LogP) is 5.98. The molecule has 0 saturated heterocycles. The van der Waals surface area contributed by atoms with Crippen molar-refractivity contribution in [2.45, 2.75) is 51.6 Å². The highest BCUT2D eigenvalue weighted by Gasteiger charge is 2.37. The van der Waals surface area contributed by atoms with Gasteiger partial charge in [0.2, 0.25) is 0 Å². The van der Waals surface area contributed by atoms with E-state index >= 15 is 0 Å². The summed E-state index contributed by atoms with van der Waals surface area (Å²) in [6, 6.07) is 20.0. The lowest BCUT2D eigenvalue weighted by atomic mass is 9.95. The van der Waals surface area contributed by atoms with Crippen molar-refractivity contribution in [3.05, 3.63) is 72.1 Å². The normalized spacial score (nSPS) is 13.4. The standard InChI is InChI=1S/C30H26N4O3/c31-15-7-1-9-17-33-19-23(21-11-3-5-13-25(21)33)27-28(30(36)37-29(27)35)24-20-34(18-10-2-8-16-32)26-14-6-4-12-22(24)26/h3-6,11-14,19-20H,1-2,7-10,17-18H2. The Morgan fingerprint density at radius 1 is 0.649 bits per heavy atom. The highest BCUT2D eigenvalue weighted by Crippen LogP contribution is 2.40. The summed E-state index contributed by atoms with van der Waals surface area (Å²) >= 11 is 0. The Labute approximate surface area is 214 Å². The lowest BCUT2D eigenvalue weighted by molar-refractivity contribution is -0.149. The molecule has 0 unspecified atom stereocenters. The van der Waals surface area contributed by atoms with Gasteiger partial charge in [-0.25, -0.2) is 9.59 Å². The third-order valence-corrected chi connectivity index (χ3v) is 6.83. The minimum absolute atomic E-state index is 0.282. The molecule has 37 heavy (non-hydrogen) atoms. The van der Waals surface area contributed by atoms with Crippen LogP contribution in [0.2, 0.25) is 0 Å². The molecule has 1 aliphatic rings. The topological polar surface area (TPSA) is 101 Å².